The van der Waals surface area contributed by atoms with Crippen LogP contribution in [0.5, 0.6) is 0 Å². The van der Waals surface area contributed by atoms with Crippen LogP contribution in [-0.2, 0) is 11.3 Å². The van der Waals surface area contributed by atoms with E-state index in [9.17, 15) is 9.18 Å². The highest BCUT2D eigenvalue weighted by molar-refractivity contribution is 9.10. The molecule has 21 heavy (non-hydrogen) atoms. The molecule has 1 N–H and O–H groups in total. The molecule has 7 heteroatoms. The van der Waals surface area contributed by atoms with Crippen LogP contribution in [0.4, 0.5) is 4.39 Å². The van der Waals surface area contributed by atoms with Crippen molar-refractivity contribution < 1.29 is 14.3 Å². The molecule has 4 nitrogen and oxygen atoms in total. The zero-order valence-electron chi connectivity index (χ0n) is 11.4. The van der Waals surface area contributed by atoms with Crippen molar-refractivity contribution in [2.45, 2.75) is 31.5 Å². The molecule has 0 unspecified atom stereocenters. The van der Waals surface area contributed by atoms with Gasteiger partial charge in [0.1, 0.15) is 5.82 Å². The summed E-state index contributed by atoms with van der Waals surface area (Å²) < 4.78 is 16.1. The van der Waals surface area contributed by atoms with E-state index in [2.05, 4.69) is 27.8 Å². The Morgan fingerprint density at radius 1 is 1.57 bits per heavy atom. The zero-order chi connectivity index (χ0) is 15.2. The number of hydrogen-bond donors (Lipinski definition) is 1. The second kappa shape index (κ2) is 5.28. The molecule has 1 aromatic heterocycles. The Labute approximate surface area is 133 Å². The fourth-order valence-electron chi connectivity index (χ4n) is 2.24. The SMILES string of the molecule is CC1(Cn2c(SCC(=O)O)nc3cc(F)c(Br)cc32)CC1. The molecule has 0 aliphatic heterocycles. The molecule has 1 heterocycles. The van der Waals surface area contributed by atoms with E-state index in [1.165, 1.54) is 17.8 Å². The maximum Gasteiger partial charge on any atom is 0.313 e. The number of carbonyl (C=O) groups is 1. The van der Waals surface area contributed by atoms with Gasteiger partial charge in [0, 0.05) is 12.6 Å². The Balaban J connectivity index is 2.06. The highest BCUT2D eigenvalue weighted by Gasteiger charge is 2.38. The number of imidazole rings is 1. The summed E-state index contributed by atoms with van der Waals surface area (Å²) in [4.78, 5) is 15.2. The van der Waals surface area contributed by atoms with E-state index in [1.807, 2.05) is 4.57 Å². The van der Waals surface area contributed by atoms with Gasteiger partial charge in [-0.2, -0.15) is 0 Å². The first kappa shape index (κ1) is 14.8. The predicted octanol–water partition coefficient (Wildman–Crippen LogP) is 3.91. The van der Waals surface area contributed by atoms with Crippen LogP contribution in [0.3, 0.4) is 0 Å². The first-order valence-corrected chi connectivity index (χ1v) is 8.36. The van der Waals surface area contributed by atoms with Crippen LogP contribution in [0.2, 0.25) is 0 Å². The molecule has 0 bridgehead atoms. The molecule has 0 atom stereocenters. The molecule has 3 rings (SSSR count). The number of thioether (sulfide) groups is 1. The normalized spacial score (nSPS) is 16.3. The van der Waals surface area contributed by atoms with Crippen LogP contribution < -0.4 is 0 Å². The lowest BCUT2D eigenvalue weighted by molar-refractivity contribution is -0.133. The maximum absolute atomic E-state index is 13.7. The van der Waals surface area contributed by atoms with Crippen molar-refractivity contribution in [3.8, 4) is 0 Å². The summed E-state index contributed by atoms with van der Waals surface area (Å²) in [6.45, 7) is 2.98. The van der Waals surface area contributed by atoms with Crippen molar-refractivity contribution in [1.29, 1.82) is 0 Å². The molecule has 1 aliphatic rings. The molecule has 1 aliphatic carbocycles. The molecular weight excluding hydrogens is 359 g/mol. The van der Waals surface area contributed by atoms with E-state index in [-0.39, 0.29) is 17.0 Å². The number of benzene rings is 1. The summed E-state index contributed by atoms with van der Waals surface area (Å²) >= 11 is 4.38. The first-order valence-electron chi connectivity index (χ1n) is 6.58. The van der Waals surface area contributed by atoms with E-state index in [4.69, 9.17) is 5.11 Å². The van der Waals surface area contributed by atoms with Gasteiger partial charge >= 0.3 is 5.97 Å². The summed E-state index contributed by atoms with van der Waals surface area (Å²) in [6.07, 6.45) is 2.30. The number of halogens is 2. The minimum Gasteiger partial charge on any atom is -0.481 e. The Hall–Kier alpha value is -1.08. The van der Waals surface area contributed by atoms with Crippen molar-refractivity contribution in [2.24, 2.45) is 5.41 Å². The van der Waals surface area contributed by atoms with Crippen LogP contribution in [-0.4, -0.2) is 26.4 Å². The number of carboxylic acid groups (broad SMARTS) is 1. The third-order valence-electron chi connectivity index (χ3n) is 3.72. The Kier molecular flexibility index (Phi) is 3.73. The summed E-state index contributed by atoms with van der Waals surface area (Å²) in [5, 5.41) is 9.49. The molecule has 2 aromatic rings. The van der Waals surface area contributed by atoms with Gasteiger partial charge in [0.05, 0.1) is 21.3 Å². The van der Waals surface area contributed by atoms with E-state index >= 15 is 0 Å². The second-order valence-corrected chi connectivity index (χ2v) is 7.53. The first-order chi connectivity index (χ1) is 9.88. The Morgan fingerprint density at radius 3 is 2.90 bits per heavy atom. The summed E-state index contributed by atoms with van der Waals surface area (Å²) in [6, 6.07) is 3.10. The van der Waals surface area contributed by atoms with E-state index in [0.717, 1.165) is 24.9 Å². The minimum absolute atomic E-state index is 0.0519. The van der Waals surface area contributed by atoms with E-state index in [0.29, 0.717) is 15.1 Å². The monoisotopic (exact) mass is 372 g/mol. The second-order valence-electron chi connectivity index (χ2n) is 5.73. The number of aromatic nitrogens is 2. The Bertz CT molecular complexity index is 727. The van der Waals surface area contributed by atoms with Gasteiger partial charge in [-0.15, -0.1) is 0 Å². The van der Waals surface area contributed by atoms with Crippen LogP contribution in [0.25, 0.3) is 11.0 Å². The maximum atomic E-state index is 13.7. The molecule has 1 aromatic carbocycles. The predicted molar refractivity (Wildman–Crippen MR) is 83.1 cm³/mol. The van der Waals surface area contributed by atoms with Gasteiger partial charge in [-0.3, -0.25) is 4.79 Å². The molecule has 1 fully saturated rings. The zero-order valence-corrected chi connectivity index (χ0v) is 13.8. The molecule has 0 spiro atoms. The summed E-state index contributed by atoms with van der Waals surface area (Å²) in [5.74, 6) is -1.30. The highest BCUT2D eigenvalue weighted by atomic mass is 79.9. The van der Waals surface area contributed by atoms with Gasteiger partial charge < -0.3 is 9.67 Å². The van der Waals surface area contributed by atoms with Gasteiger partial charge in [-0.05, 0) is 40.3 Å². The lowest BCUT2D eigenvalue weighted by Crippen LogP contribution is -2.10. The summed E-state index contributed by atoms with van der Waals surface area (Å²) in [5.41, 5.74) is 1.64. The molecule has 112 valence electrons. The number of aliphatic carboxylic acids is 1. The molecule has 0 amide bonds. The van der Waals surface area contributed by atoms with Gasteiger partial charge in [0.25, 0.3) is 0 Å². The average molecular weight is 373 g/mol. The standard InChI is InChI=1S/C14H14BrFN2O2S/c1-14(2-3-14)7-18-11-4-8(15)9(16)5-10(11)17-13(18)21-6-12(19)20/h4-5H,2-3,6-7H2,1H3,(H,19,20). The number of hydrogen-bond acceptors (Lipinski definition) is 3. The lowest BCUT2D eigenvalue weighted by atomic mass is 10.1. The fourth-order valence-corrected chi connectivity index (χ4v) is 3.31. The van der Waals surface area contributed by atoms with Crippen molar-refractivity contribution in [2.75, 3.05) is 5.75 Å². The number of fused-ring (bicyclic) bond motifs is 1. The number of rotatable bonds is 5. The number of carboxylic acids is 1. The minimum atomic E-state index is -0.886. The quantitative estimate of drug-likeness (QED) is 0.808. The third-order valence-corrected chi connectivity index (χ3v) is 5.29. The van der Waals surface area contributed by atoms with E-state index in [1.54, 1.807) is 6.07 Å². The molecular formula is C14H14BrFN2O2S. The van der Waals surface area contributed by atoms with Gasteiger partial charge in [0.15, 0.2) is 5.16 Å². The van der Waals surface area contributed by atoms with Crippen LogP contribution >= 0.6 is 27.7 Å². The van der Waals surface area contributed by atoms with Gasteiger partial charge in [-0.25, -0.2) is 9.37 Å². The number of nitrogens with zero attached hydrogens (tertiary/aromatic N) is 2. The smallest absolute Gasteiger partial charge is 0.313 e. The van der Waals surface area contributed by atoms with Crippen LogP contribution in [0.1, 0.15) is 19.8 Å². The summed E-state index contributed by atoms with van der Waals surface area (Å²) in [7, 11) is 0. The van der Waals surface area contributed by atoms with Gasteiger partial charge in [0.2, 0.25) is 0 Å². The molecule has 0 radical (unpaired) electrons. The van der Waals surface area contributed by atoms with Gasteiger partial charge in [-0.1, -0.05) is 18.7 Å². The van der Waals surface area contributed by atoms with Crippen molar-refractivity contribution in [3.05, 3.63) is 22.4 Å². The average Bonchev–Trinajstić information content (AvgIpc) is 3.05. The molecule has 0 saturated heterocycles. The van der Waals surface area contributed by atoms with Crippen molar-refractivity contribution in [1.82, 2.24) is 9.55 Å². The largest absolute Gasteiger partial charge is 0.481 e. The Morgan fingerprint density at radius 2 is 2.29 bits per heavy atom. The highest BCUT2D eigenvalue weighted by Crippen LogP contribution is 2.47. The third kappa shape index (κ3) is 3.08. The van der Waals surface area contributed by atoms with Crippen molar-refractivity contribution in [3.63, 3.8) is 0 Å². The topological polar surface area (TPSA) is 55.1 Å². The lowest BCUT2D eigenvalue weighted by Gasteiger charge is -2.13. The van der Waals surface area contributed by atoms with Crippen molar-refractivity contribution >= 4 is 44.7 Å². The van der Waals surface area contributed by atoms with Crippen LogP contribution in [0.15, 0.2) is 21.8 Å². The molecule has 1 saturated carbocycles. The van der Waals surface area contributed by atoms with Crippen LogP contribution in [0, 0.1) is 11.2 Å². The van der Waals surface area contributed by atoms with E-state index < -0.39 is 5.97 Å². The fraction of sp³-hybridized carbons (Fsp3) is 0.429.